The third-order valence-electron chi connectivity index (χ3n) is 3.36. The number of hydrogen-bond donors (Lipinski definition) is 1. The lowest BCUT2D eigenvalue weighted by atomic mass is 10.2. The van der Waals surface area contributed by atoms with Crippen LogP contribution in [0.15, 0.2) is 36.4 Å². The minimum absolute atomic E-state index is 0.199. The molecule has 1 N–H and O–H groups in total. The topological polar surface area (TPSA) is 74.6 Å². The summed E-state index contributed by atoms with van der Waals surface area (Å²) in [6.45, 7) is -0.199. The molecule has 0 aliphatic rings. The van der Waals surface area contributed by atoms with E-state index in [1.54, 1.807) is 30.3 Å². The summed E-state index contributed by atoms with van der Waals surface area (Å²) >= 11 is 6.18. The SMILES string of the molecule is COc1cc(C#N)ccc1OCC(=O)Nc1ccc(N(C)C)c(Cl)c1. The number of halogens is 1. The van der Waals surface area contributed by atoms with Gasteiger partial charge in [0.1, 0.15) is 0 Å². The Bertz CT molecular complexity index is 816. The minimum Gasteiger partial charge on any atom is -0.493 e. The first kappa shape index (κ1) is 18.4. The summed E-state index contributed by atoms with van der Waals surface area (Å²) in [6, 6.07) is 12.0. The van der Waals surface area contributed by atoms with Crippen molar-refractivity contribution in [3.63, 3.8) is 0 Å². The van der Waals surface area contributed by atoms with Crippen LogP contribution in [0, 0.1) is 11.3 Å². The molecule has 0 bridgehead atoms. The number of anilines is 2. The van der Waals surface area contributed by atoms with Crippen molar-refractivity contribution in [3.8, 4) is 17.6 Å². The van der Waals surface area contributed by atoms with E-state index in [4.69, 9.17) is 26.3 Å². The van der Waals surface area contributed by atoms with Gasteiger partial charge < -0.3 is 19.7 Å². The summed E-state index contributed by atoms with van der Waals surface area (Å²) in [4.78, 5) is 13.9. The largest absolute Gasteiger partial charge is 0.493 e. The van der Waals surface area contributed by atoms with Crippen LogP contribution in [0.1, 0.15) is 5.56 Å². The van der Waals surface area contributed by atoms with Gasteiger partial charge in [0.2, 0.25) is 0 Å². The van der Waals surface area contributed by atoms with E-state index in [2.05, 4.69) is 5.32 Å². The fraction of sp³-hybridized carbons (Fsp3) is 0.222. The molecule has 0 spiro atoms. The zero-order valence-electron chi connectivity index (χ0n) is 14.2. The Hall–Kier alpha value is -2.91. The maximum atomic E-state index is 12.1. The Labute approximate surface area is 151 Å². The van der Waals surface area contributed by atoms with Gasteiger partial charge in [-0.25, -0.2) is 0 Å². The van der Waals surface area contributed by atoms with Crippen molar-refractivity contribution in [2.24, 2.45) is 0 Å². The van der Waals surface area contributed by atoms with Crippen LogP contribution < -0.4 is 19.7 Å². The molecule has 6 nitrogen and oxygen atoms in total. The molecule has 0 aliphatic heterocycles. The summed E-state index contributed by atoms with van der Waals surface area (Å²) < 4.78 is 10.6. The molecule has 0 fully saturated rings. The summed E-state index contributed by atoms with van der Waals surface area (Å²) in [5.74, 6) is 0.447. The molecule has 0 saturated carbocycles. The van der Waals surface area contributed by atoms with Crippen LogP contribution in [0.5, 0.6) is 11.5 Å². The number of hydrogen-bond acceptors (Lipinski definition) is 5. The molecular weight excluding hydrogens is 342 g/mol. The first-order chi connectivity index (χ1) is 11.9. The third kappa shape index (κ3) is 4.78. The van der Waals surface area contributed by atoms with E-state index in [9.17, 15) is 4.79 Å². The van der Waals surface area contributed by atoms with E-state index in [1.807, 2.05) is 31.1 Å². The molecule has 0 aliphatic carbocycles. The monoisotopic (exact) mass is 359 g/mol. The lowest BCUT2D eigenvalue weighted by molar-refractivity contribution is -0.118. The third-order valence-corrected chi connectivity index (χ3v) is 3.67. The Morgan fingerprint density at radius 1 is 1.24 bits per heavy atom. The second-order valence-corrected chi connectivity index (χ2v) is 5.78. The van der Waals surface area contributed by atoms with Crippen molar-refractivity contribution in [1.29, 1.82) is 5.26 Å². The second-order valence-electron chi connectivity index (χ2n) is 5.37. The molecule has 0 radical (unpaired) electrons. The highest BCUT2D eigenvalue weighted by atomic mass is 35.5. The zero-order chi connectivity index (χ0) is 18.4. The number of methoxy groups -OCH3 is 1. The molecule has 0 atom stereocenters. The molecule has 2 rings (SSSR count). The van der Waals surface area contributed by atoms with Gasteiger partial charge in [-0.1, -0.05) is 11.6 Å². The van der Waals surface area contributed by atoms with Gasteiger partial charge in [0, 0.05) is 25.8 Å². The maximum absolute atomic E-state index is 12.1. The summed E-state index contributed by atoms with van der Waals surface area (Å²) in [5.41, 5.74) is 1.89. The molecule has 0 saturated heterocycles. The van der Waals surface area contributed by atoms with Crippen molar-refractivity contribution < 1.29 is 14.3 Å². The number of nitriles is 1. The number of carbonyl (C=O) groups is 1. The lowest BCUT2D eigenvalue weighted by Crippen LogP contribution is -2.20. The number of carbonyl (C=O) groups excluding carboxylic acids is 1. The lowest BCUT2D eigenvalue weighted by Gasteiger charge is -2.15. The molecule has 2 aromatic carbocycles. The van der Waals surface area contributed by atoms with Crippen molar-refractivity contribution in [3.05, 3.63) is 47.0 Å². The number of benzene rings is 2. The van der Waals surface area contributed by atoms with Gasteiger partial charge in [-0.3, -0.25) is 4.79 Å². The van der Waals surface area contributed by atoms with Gasteiger partial charge in [0.05, 0.1) is 29.5 Å². The highest BCUT2D eigenvalue weighted by Crippen LogP contribution is 2.29. The van der Waals surface area contributed by atoms with Crippen molar-refractivity contribution >= 4 is 28.9 Å². The molecule has 1 amide bonds. The summed E-state index contributed by atoms with van der Waals surface area (Å²) in [7, 11) is 5.24. The highest BCUT2D eigenvalue weighted by Gasteiger charge is 2.10. The Morgan fingerprint density at radius 2 is 2.00 bits per heavy atom. The van der Waals surface area contributed by atoms with Crippen LogP contribution in [-0.4, -0.2) is 33.7 Å². The Balaban J connectivity index is 2.00. The predicted octanol–water partition coefficient (Wildman–Crippen LogP) is 3.30. The van der Waals surface area contributed by atoms with Crippen LogP contribution in [0.2, 0.25) is 5.02 Å². The van der Waals surface area contributed by atoms with Crippen molar-refractivity contribution in [2.45, 2.75) is 0 Å². The van der Waals surface area contributed by atoms with Gasteiger partial charge in [0.25, 0.3) is 5.91 Å². The van der Waals surface area contributed by atoms with Gasteiger partial charge in [0.15, 0.2) is 18.1 Å². The molecule has 2 aromatic rings. The second kappa shape index (κ2) is 8.27. The van der Waals surface area contributed by atoms with Crippen LogP contribution in [0.25, 0.3) is 0 Å². The Morgan fingerprint density at radius 3 is 2.60 bits per heavy atom. The fourth-order valence-electron chi connectivity index (χ4n) is 2.14. The smallest absolute Gasteiger partial charge is 0.262 e. The Kier molecular flexibility index (Phi) is 6.09. The van der Waals surface area contributed by atoms with Gasteiger partial charge >= 0.3 is 0 Å². The number of ether oxygens (including phenoxy) is 2. The highest BCUT2D eigenvalue weighted by molar-refractivity contribution is 6.33. The van der Waals surface area contributed by atoms with Crippen molar-refractivity contribution in [1.82, 2.24) is 0 Å². The normalized spacial score (nSPS) is 9.88. The number of nitrogens with one attached hydrogen (secondary N) is 1. The van der Waals surface area contributed by atoms with Crippen LogP contribution in [-0.2, 0) is 4.79 Å². The van der Waals surface area contributed by atoms with E-state index in [0.29, 0.717) is 27.8 Å². The zero-order valence-corrected chi connectivity index (χ0v) is 14.9. The first-order valence-corrected chi connectivity index (χ1v) is 7.80. The fourth-order valence-corrected chi connectivity index (χ4v) is 2.49. The van der Waals surface area contributed by atoms with Gasteiger partial charge in [-0.15, -0.1) is 0 Å². The van der Waals surface area contributed by atoms with E-state index in [0.717, 1.165) is 5.69 Å². The quantitative estimate of drug-likeness (QED) is 0.856. The molecule has 7 heteroatoms. The van der Waals surface area contributed by atoms with E-state index in [-0.39, 0.29) is 12.5 Å². The van der Waals surface area contributed by atoms with Gasteiger partial charge in [-0.05, 0) is 30.3 Å². The molecule has 0 unspecified atom stereocenters. The summed E-state index contributed by atoms with van der Waals surface area (Å²) in [5, 5.41) is 12.1. The van der Waals surface area contributed by atoms with E-state index in [1.165, 1.54) is 7.11 Å². The molecule has 130 valence electrons. The van der Waals surface area contributed by atoms with Gasteiger partial charge in [-0.2, -0.15) is 5.26 Å². The molecule has 0 aromatic heterocycles. The maximum Gasteiger partial charge on any atom is 0.262 e. The minimum atomic E-state index is -0.333. The average Bonchev–Trinajstić information content (AvgIpc) is 2.59. The summed E-state index contributed by atoms with van der Waals surface area (Å²) in [6.07, 6.45) is 0. The molecule has 25 heavy (non-hydrogen) atoms. The number of nitrogens with zero attached hydrogens (tertiary/aromatic N) is 2. The van der Waals surface area contributed by atoms with Crippen molar-refractivity contribution in [2.75, 3.05) is 38.0 Å². The number of rotatable bonds is 6. The average molecular weight is 360 g/mol. The van der Waals surface area contributed by atoms with E-state index < -0.39 is 0 Å². The van der Waals surface area contributed by atoms with Crippen LogP contribution >= 0.6 is 11.6 Å². The predicted molar refractivity (Wildman–Crippen MR) is 97.6 cm³/mol. The molecular formula is C18H18ClN3O3. The number of amides is 1. The van der Waals surface area contributed by atoms with Crippen LogP contribution in [0.3, 0.4) is 0 Å². The molecule has 0 heterocycles. The first-order valence-electron chi connectivity index (χ1n) is 7.42. The van der Waals surface area contributed by atoms with Crippen LogP contribution in [0.4, 0.5) is 11.4 Å². The standard InChI is InChI=1S/C18H18ClN3O3/c1-22(2)15-6-5-13(9-14(15)19)21-18(23)11-25-16-7-4-12(10-20)8-17(16)24-3/h4-9H,11H2,1-3H3,(H,21,23). The van der Waals surface area contributed by atoms with E-state index >= 15 is 0 Å².